The van der Waals surface area contributed by atoms with E-state index in [9.17, 15) is 0 Å². The van der Waals surface area contributed by atoms with Crippen molar-refractivity contribution >= 4 is 22.6 Å². The van der Waals surface area contributed by atoms with Crippen LogP contribution in [0.2, 0.25) is 0 Å². The monoisotopic (exact) mass is 395 g/mol. The Morgan fingerprint density at radius 2 is 1.76 bits per heavy atom. The Balaban J connectivity index is 1.90. The first-order valence-corrected chi connectivity index (χ1v) is 8.12. The second-order valence-electron chi connectivity index (χ2n) is 5.47. The third-order valence-electron chi connectivity index (χ3n) is 3.58. The van der Waals surface area contributed by atoms with Gasteiger partial charge in [0.05, 0.1) is 19.3 Å². The van der Waals surface area contributed by atoms with Crippen molar-refractivity contribution in [2.24, 2.45) is 11.7 Å². The van der Waals surface area contributed by atoms with Gasteiger partial charge in [-0.3, -0.25) is 0 Å². The van der Waals surface area contributed by atoms with Crippen LogP contribution in [0.15, 0.2) is 42.5 Å². The number of rotatable bonds is 2. The Morgan fingerprint density at radius 3 is 2.52 bits per heavy atom. The molecule has 2 aromatic carbocycles. The predicted octanol–water partition coefficient (Wildman–Crippen LogP) is 3.75. The van der Waals surface area contributed by atoms with Gasteiger partial charge in [-0.15, -0.1) is 0 Å². The summed E-state index contributed by atoms with van der Waals surface area (Å²) in [6.07, 6.45) is 0. The number of fused-ring (bicyclic) bond motifs is 1. The summed E-state index contributed by atoms with van der Waals surface area (Å²) in [7, 11) is 0. The minimum Gasteiger partial charge on any atom is -0.489 e. The smallest absolute Gasteiger partial charge is 0.161 e. The van der Waals surface area contributed by atoms with E-state index >= 15 is 0 Å². The number of benzene rings is 2. The zero-order chi connectivity index (χ0) is 14.8. The predicted molar refractivity (Wildman–Crippen MR) is 91.8 cm³/mol. The topological polar surface area (TPSA) is 44.5 Å². The molecule has 2 N–H and O–H groups in total. The molecular formula is C17H18INO2. The molecule has 1 aliphatic heterocycles. The zero-order valence-corrected chi connectivity index (χ0v) is 14.0. The van der Waals surface area contributed by atoms with E-state index in [1.807, 2.05) is 24.3 Å². The standard InChI is InChI=1S/C17H18INO2/c1-11-9-20-15-6-5-13(8-16(15)21-10-11)17(19)12-3-2-4-14(18)7-12/h2-8,11,17H,9-10,19H2,1H3. The van der Waals surface area contributed by atoms with Crippen molar-refractivity contribution in [3.63, 3.8) is 0 Å². The molecule has 21 heavy (non-hydrogen) atoms. The van der Waals surface area contributed by atoms with Crippen molar-refractivity contribution in [3.8, 4) is 11.5 Å². The van der Waals surface area contributed by atoms with Crippen molar-refractivity contribution in [2.75, 3.05) is 13.2 Å². The van der Waals surface area contributed by atoms with Crippen LogP contribution in [0.1, 0.15) is 24.1 Å². The van der Waals surface area contributed by atoms with Gasteiger partial charge in [0.2, 0.25) is 0 Å². The molecule has 3 nitrogen and oxygen atoms in total. The Kier molecular flexibility index (Phi) is 4.35. The van der Waals surface area contributed by atoms with Crippen molar-refractivity contribution in [3.05, 3.63) is 57.2 Å². The van der Waals surface area contributed by atoms with Crippen LogP contribution in [-0.4, -0.2) is 13.2 Å². The fourth-order valence-corrected chi connectivity index (χ4v) is 2.92. The van der Waals surface area contributed by atoms with Crippen LogP contribution in [0.25, 0.3) is 0 Å². The molecule has 0 amide bonds. The van der Waals surface area contributed by atoms with Crippen LogP contribution in [0, 0.1) is 9.49 Å². The maximum Gasteiger partial charge on any atom is 0.161 e. The molecule has 0 saturated heterocycles. The van der Waals surface area contributed by atoms with Gasteiger partial charge in [0.1, 0.15) is 0 Å². The molecule has 1 heterocycles. The molecule has 0 aromatic heterocycles. The first kappa shape index (κ1) is 14.7. The molecule has 3 rings (SSSR count). The molecule has 0 fully saturated rings. The van der Waals surface area contributed by atoms with Crippen molar-refractivity contribution in [1.82, 2.24) is 0 Å². The van der Waals surface area contributed by atoms with E-state index in [0.29, 0.717) is 19.1 Å². The Morgan fingerprint density at radius 1 is 1.05 bits per heavy atom. The Bertz CT molecular complexity index is 644. The van der Waals surface area contributed by atoms with Crippen LogP contribution in [-0.2, 0) is 0 Å². The Labute approximate surface area is 138 Å². The molecule has 2 aromatic rings. The van der Waals surface area contributed by atoms with Crippen molar-refractivity contribution in [1.29, 1.82) is 0 Å². The van der Waals surface area contributed by atoms with Gasteiger partial charge in [-0.1, -0.05) is 25.1 Å². The lowest BCUT2D eigenvalue weighted by molar-refractivity contribution is 0.228. The molecule has 4 heteroatoms. The fourth-order valence-electron chi connectivity index (χ4n) is 2.35. The fraction of sp³-hybridized carbons (Fsp3) is 0.294. The number of halogens is 1. The quantitative estimate of drug-likeness (QED) is 0.788. The second-order valence-corrected chi connectivity index (χ2v) is 6.71. The summed E-state index contributed by atoms with van der Waals surface area (Å²) in [6.45, 7) is 3.48. The highest BCUT2D eigenvalue weighted by molar-refractivity contribution is 14.1. The summed E-state index contributed by atoms with van der Waals surface area (Å²) in [4.78, 5) is 0. The molecule has 2 atom stereocenters. The van der Waals surface area contributed by atoms with Gasteiger partial charge in [-0.05, 0) is 58.0 Å². The van der Waals surface area contributed by atoms with Crippen LogP contribution >= 0.6 is 22.6 Å². The largest absolute Gasteiger partial charge is 0.489 e. The van der Waals surface area contributed by atoms with E-state index < -0.39 is 0 Å². The van der Waals surface area contributed by atoms with Gasteiger partial charge >= 0.3 is 0 Å². The zero-order valence-electron chi connectivity index (χ0n) is 11.9. The molecule has 1 aliphatic rings. The number of hydrogen-bond donors (Lipinski definition) is 1. The van der Waals surface area contributed by atoms with Gasteiger partial charge in [0.25, 0.3) is 0 Å². The number of hydrogen-bond acceptors (Lipinski definition) is 3. The normalized spacial score (nSPS) is 18.9. The highest BCUT2D eigenvalue weighted by atomic mass is 127. The maximum atomic E-state index is 6.38. The van der Waals surface area contributed by atoms with E-state index in [-0.39, 0.29) is 6.04 Å². The summed E-state index contributed by atoms with van der Waals surface area (Å²) < 4.78 is 12.8. The van der Waals surface area contributed by atoms with Crippen molar-refractivity contribution < 1.29 is 9.47 Å². The molecule has 2 unspecified atom stereocenters. The SMILES string of the molecule is CC1COc2ccc(C(N)c3cccc(I)c3)cc2OC1. The van der Waals surface area contributed by atoms with E-state index in [4.69, 9.17) is 15.2 Å². The average Bonchev–Trinajstić information content (AvgIpc) is 2.68. The van der Waals surface area contributed by atoms with Crippen LogP contribution in [0.5, 0.6) is 11.5 Å². The molecule has 0 saturated carbocycles. The third kappa shape index (κ3) is 3.32. The third-order valence-corrected chi connectivity index (χ3v) is 4.25. The van der Waals surface area contributed by atoms with E-state index in [1.165, 1.54) is 3.57 Å². The number of nitrogens with two attached hydrogens (primary N) is 1. The van der Waals surface area contributed by atoms with Gasteiger partial charge in [-0.2, -0.15) is 0 Å². The van der Waals surface area contributed by atoms with Crippen molar-refractivity contribution in [2.45, 2.75) is 13.0 Å². The maximum absolute atomic E-state index is 6.38. The van der Waals surface area contributed by atoms with Gasteiger partial charge in [-0.25, -0.2) is 0 Å². The lowest BCUT2D eigenvalue weighted by atomic mass is 9.99. The summed E-state index contributed by atoms with van der Waals surface area (Å²) in [5.41, 5.74) is 8.52. The first-order valence-electron chi connectivity index (χ1n) is 7.04. The lowest BCUT2D eigenvalue weighted by Gasteiger charge is -2.15. The van der Waals surface area contributed by atoms with E-state index in [2.05, 4.69) is 47.7 Å². The molecule has 0 aliphatic carbocycles. The van der Waals surface area contributed by atoms with E-state index in [0.717, 1.165) is 22.6 Å². The molecular weight excluding hydrogens is 377 g/mol. The molecule has 0 spiro atoms. The number of ether oxygens (including phenoxy) is 2. The summed E-state index contributed by atoms with van der Waals surface area (Å²) in [5, 5.41) is 0. The molecule has 110 valence electrons. The minimum absolute atomic E-state index is 0.158. The summed E-state index contributed by atoms with van der Waals surface area (Å²) in [5.74, 6) is 1.99. The van der Waals surface area contributed by atoms with Crippen LogP contribution in [0.3, 0.4) is 0 Å². The molecule has 0 radical (unpaired) electrons. The summed E-state index contributed by atoms with van der Waals surface area (Å²) >= 11 is 2.30. The van der Waals surface area contributed by atoms with Crippen LogP contribution in [0.4, 0.5) is 0 Å². The highest BCUT2D eigenvalue weighted by Crippen LogP contribution is 2.34. The van der Waals surface area contributed by atoms with Crippen LogP contribution < -0.4 is 15.2 Å². The first-order chi connectivity index (χ1) is 10.1. The second kappa shape index (κ2) is 6.23. The minimum atomic E-state index is -0.158. The lowest BCUT2D eigenvalue weighted by Crippen LogP contribution is -2.12. The highest BCUT2D eigenvalue weighted by Gasteiger charge is 2.17. The average molecular weight is 395 g/mol. The van der Waals surface area contributed by atoms with Gasteiger partial charge in [0.15, 0.2) is 11.5 Å². The summed E-state index contributed by atoms with van der Waals surface area (Å²) in [6, 6.07) is 14.1. The van der Waals surface area contributed by atoms with Gasteiger partial charge < -0.3 is 15.2 Å². The molecule has 0 bridgehead atoms. The van der Waals surface area contributed by atoms with Gasteiger partial charge in [0, 0.05) is 9.49 Å². The van der Waals surface area contributed by atoms with E-state index in [1.54, 1.807) is 0 Å². The Hall–Kier alpha value is -1.27.